The molecule has 2 heterocycles. The average Bonchev–Trinajstić information content (AvgIpc) is 2.28. The molecule has 1 aliphatic rings. The summed E-state index contributed by atoms with van der Waals surface area (Å²) in [4.78, 5) is 8.72. The Morgan fingerprint density at radius 3 is 2.69 bits per heavy atom. The quantitative estimate of drug-likeness (QED) is 0.844. The fraction of sp³-hybridized carbons (Fsp3) is 0.636. The molecule has 16 heavy (non-hydrogen) atoms. The van der Waals surface area contributed by atoms with Crippen LogP contribution in [0.25, 0.3) is 0 Å². The van der Waals surface area contributed by atoms with Gasteiger partial charge in [-0.3, -0.25) is 0 Å². The molecular weight excluding hydrogens is 206 g/mol. The number of nitrogens with one attached hydrogen (secondary N) is 1. The van der Waals surface area contributed by atoms with E-state index in [9.17, 15) is 0 Å². The molecular formula is C11H17N3O2. The minimum Gasteiger partial charge on any atom is -0.482 e. The number of hydrogen-bond donors (Lipinski definition) is 1. The molecule has 1 N–H and O–H groups in total. The molecule has 1 aliphatic heterocycles. The lowest BCUT2D eigenvalue weighted by molar-refractivity contribution is 0.164. The van der Waals surface area contributed by atoms with Crippen LogP contribution in [-0.2, 0) is 6.42 Å². The lowest BCUT2D eigenvalue weighted by atomic mass is 10.3. The first-order valence-corrected chi connectivity index (χ1v) is 5.63. The van der Waals surface area contributed by atoms with Gasteiger partial charge in [-0.2, -0.15) is 4.98 Å². The van der Waals surface area contributed by atoms with Crippen molar-refractivity contribution in [1.29, 1.82) is 0 Å². The van der Waals surface area contributed by atoms with Crippen LogP contribution in [-0.4, -0.2) is 29.2 Å². The molecule has 0 atom stereocenters. The third-order valence-corrected chi connectivity index (χ3v) is 2.19. The zero-order valence-corrected chi connectivity index (χ0v) is 9.91. The van der Waals surface area contributed by atoms with Crippen LogP contribution in [0.5, 0.6) is 11.6 Å². The van der Waals surface area contributed by atoms with E-state index < -0.39 is 0 Å². The van der Waals surface area contributed by atoms with E-state index in [-0.39, 0.29) is 0 Å². The van der Waals surface area contributed by atoms with Gasteiger partial charge in [0.2, 0.25) is 5.75 Å². The summed E-state index contributed by atoms with van der Waals surface area (Å²) in [5.74, 6) is 2.70. The van der Waals surface area contributed by atoms with Gasteiger partial charge in [0.25, 0.3) is 5.88 Å². The molecule has 0 saturated heterocycles. The van der Waals surface area contributed by atoms with Crippen LogP contribution >= 0.6 is 0 Å². The number of anilines is 1. The molecule has 0 aliphatic carbocycles. The van der Waals surface area contributed by atoms with Gasteiger partial charge >= 0.3 is 0 Å². The molecule has 0 radical (unpaired) electrons. The average molecular weight is 223 g/mol. The zero-order chi connectivity index (χ0) is 11.5. The Kier molecular flexibility index (Phi) is 3.12. The van der Waals surface area contributed by atoms with Gasteiger partial charge in [0.15, 0.2) is 5.82 Å². The summed E-state index contributed by atoms with van der Waals surface area (Å²) >= 11 is 0. The highest BCUT2D eigenvalue weighted by molar-refractivity contribution is 5.56. The monoisotopic (exact) mass is 223 g/mol. The molecule has 0 fully saturated rings. The van der Waals surface area contributed by atoms with Crippen LogP contribution in [0.4, 0.5) is 5.82 Å². The predicted octanol–water partition coefficient (Wildman–Crippen LogP) is 1.63. The first kappa shape index (κ1) is 11.0. The predicted molar refractivity (Wildman–Crippen MR) is 61.2 cm³/mol. The van der Waals surface area contributed by atoms with Crippen molar-refractivity contribution in [2.24, 2.45) is 0 Å². The summed E-state index contributed by atoms with van der Waals surface area (Å²) in [5, 5.41) is 3.25. The molecule has 0 bridgehead atoms. The van der Waals surface area contributed by atoms with Crippen molar-refractivity contribution >= 4 is 5.82 Å². The highest BCUT2D eigenvalue weighted by atomic mass is 16.6. The van der Waals surface area contributed by atoms with Crippen molar-refractivity contribution in [2.45, 2.75) is 33.2 Å². The number of fused-ring (bicyclic) bond motifs is 1. The van der Waals surface area contributed by atoms with Gasteiger partial charge in [-0.15, -0.1) is 0 Å². The maximum atomic E-state index is 5.54. The third kappa shape index (κ3) is 2.18. The molecule has 0 spiro atoms. The molecule has 0 aromatic carbocycles. The lowest BCUT2D eigenvalue weighted by Gasteiger charge is -2.21. The van der Waals surface area contributed by atoms with Crippen molar-refractivity contribution in [3.8, 4) is 11.6 Å². The number of ether oxygens (including phenoxy) is 2. The van der Waals surface area contributed by atoms with Crippen LogP contribution in [0, 0.1) is 0 Å². The summed E-state index contributed by atoms with van der Waals surface area (Å²) in [7, 11) is 0. The van der Waals surface area contributed by atoms with Gasteiger partial charge in [-0.1, -0.05) is 6.92 Å². The fourth-order valence-electron chi connectivity index (χ4n) is 1.51. The first-order chi connectivity index (χ1) is 7.70. The summed E-state index contributed by atoms with van der Waals surface area (Å²) in [6, 6.07) is 0.300. The minimum atomic E-state index is 0.300. The minimum absolute atomic E-state index is 0.300. The smallest absolute Gasteiger partial charge is 0.262 e. The van der Waals surface area contributed by atoms with E-state index in [2.05, 4.69) is 29.1 Å². The van der Waals surface area contributed by atoms with Gasteiger partial charge in [0.05, 0.1) is 0 Å². The molecule has 1 aromatic rings. The molecule has 2 rings (SSSR count). The Bertz CT molecular complexity index is 380. The normalized spacial score (nSPS) is 14.0. The van der Waals surface area contributed by atoms with Gasteiger partial charge in [-0.25, -0.2) is 4.98 Å². The van der Waals surface area contributed by atoms with Gasteiger partial charge in [-0.05, 0) is 13.8 Å². The Balaban J connectivity index is 2.39. The van der Waals surface area contributed by atoms with Gasteiger partial charge in [0.1, 0.15) is 19.0 Å². The van der Waals surface area contributed by atoms with E-state index >= 15 is 0 Å². The van der Waals surface area contributed by atoms with Crippen LogP contribution in [0.2, 0.25) is 0 Å². The Labute approximate surface area is 95.2 Å². The maximum absolute atomic E-state index is 5.54. The number of rotatable bonds is 3. The van der Waals surface area contributed by atoms with Crippen molar-refractivity contribution in [2.75, 3.05) is 18.5 Å². The van der Waals surface area contributed by atoms with Crippen molar-refractivity contribution in [3.05, 3.63) is 5.82 Å². The molecule has 1 aromatic heterocycles. The van der Waals surface area contributed by atoms with Gasteiger partial charge < -0.3 is 14.8 Å². The molecule has 0 amide bonds. The standard InChI is InChI=1S/C11H17N3O2/c1-4-8-13-10(12-7(2)3)9-11(14-8)16-6-5-15-9/h7H,4-6H2,1-3H3,(H,12,13,14). The number of aryl methyl sites for hydroxylation is 1. The molecule has 5 nitrogen and oxygen atoms in total. The topological polar surface area (TPSA) is 56.3 Å². The summed E-state index contributed by atoms with van der Waals surface area (Å²) < 4.78 is 11.0. The highest BCUT2D eigenvalue weighted by Crippen LogP contribution is 2.34. The van der Waals surface area contributed by atoms with E-state index in [1.807, 2.05) is 6.92 Å². The van der Waals surface area contributed by atoms with Crippen LogP contribution in [0.15, 0.2) is 0 Å². The third-order valence-electron chi connectivity index (χ3n) is 2.19. The summed E-state index contributed by atoms with van der Waals surface area (Å²) in [6.45, 7) is 7.24. The second kappa shape index (κ2) is 4.55. The van der Waals surface area contributed by atoms with Crippen molar-refractivity contribution in [1.82, 2.24) is 9.97 Å². The number of aromatic nitrogens is 2. The van der Waals surface area contributed by atoms with E-state index in [1.54, 1.807) is 0 Å². The SMILES string of the molecule is CCc1nc(NC(C)C)c2c(n1)OCCO2. The van der Waals surface area contributed by atoms with Gasteiger partial charge in [0, 0.05) is 12.5 Å². The molecule has 0 saturated carbocycles. The Hall–Kier alpha value is -1.52. The molecule has 0 unspecified atom stereocenters. The fourth-order valence-corrected chi connectivity index (χ4v) is 1.51. The first-order valence-electron chi connectivity index (χ1n) is 5.63. The second-order valence-electron chi connectivity index (χ2n) is 3.97. The largest absolute Gasteiger partial charge is 0.482 e. The highest BCUT2D eigenvalue weighted by Gasteiger charge is 2.20. The summed E-state index contributed by atoms with van der Waals surface area (Å²) in [6.07, 6.45) is 0.781. The maximum Gasteiger partial charge on any atom is 0.262 e. The van der Waals surface area contributed by atoms with Crippen molar-refractivity contribution in [3.63, 3.8) is 0 Å². The Morgan fingerprint density at radius 1 is 1.25 bits per heavy atom. The van der Waals surface area contributed by atoms with E-state index in [0.717, 1.165) is 18.1 Å². The van der Waals surface area contributed by atoms with Crippen LogP contribution in [0.3, 0.4) is 0 Å². The molecule has 5 heteroatoms. The Morgan fingerprint density at radius 2 is 2.00 bits per heavy atom. The van der Waals surface area contributed by atoms with Crippen LogP contribution in [0.1, 0.15) is 26.6 Å². The summed E-state index contributed by atoms with van der Waals surface area (Å²) in [5.41, 5.74) is 0. The van der Waals surface area contributed by atoms with E-state index in [1.165, 1.54) is 0 Å². The second-order valence-corrected chi connectivity index (χ2v) is 3.97. The zero-order valence-electron chi connectivity index (χ0n) is 9.91. The van der Waals surface area contributed by atoms with E-state index in [4.69, 9.17) is 9.47 Å². The number of hydrogen-bond acceptors (Lipinski definition) is 5. The van der Waals surface area contributed by atoms with Crippen LogP contribution < -0.4 is 14.8 Å². The van der Waals surface area contributed by atoms with E-state index in [0.29, 0.717) is 30.9 Å². The number of nitrogens with zero attached hydrogens (tertiary/aromatic N) is 2. The lowest BCUT2D eigenvalue weighted by Crippen LogP contribution is -2.21. The molecule has 88 valence electrons. The van der Waals surface area contributed by atoms with Crippen molar-refractivity contribution < 1.29 is 9.47 Å².